The molecule has 2 aromatic heterocycles. The van der Waals surface area contributed by atoms with Crippen LogP contribution in [0.5, 0.6) is 0 Å². The Hall–Kier alpha value is -2.14. The van der Waals surface area contributed by atoms with Crippen LogP contribution >= 0.6 is 22.9 Å². The van der Waals surface area contributed by atoms with Crippen molar-refractivity contribution in [2.45, 2.75) is 76.6 Å². The summed E-state index contributed by atoms with van der Waals surface area (Å²) in [6.07, 6.45) is 1.74. The van der Waals surface area contributed by atoms with Crippen molar-refractivity contribution in [2.75, 3.05) is 13.1 Å². The monoisotopic (exact) mass is 518 g/mol. The average molecular weight is 519 g/mol. The number of carbonyl (C=O) groups is 2. The molecule has 0 unspecified atom stereocenters. The van der Waals surface area contributed by atoms with E-state index in [2.05, 4.69) is 10.1 Å². The SMILES string of the molecule is Cc1c(Cl)c(C(F)(F)F)nn1CC(=O)N1CCC(c2nc(C(=O)OC3CCCCC3)cs2)CC1. The normalized spacial score (nSPS) is 18.3. The van der Waals surface area contributed by atoms with E-state index in [0.29, 0.717) is 31.6 Å². The predicted molar refractivity (Wildman–Crippen MR) is 120 cm³/mol. The standard InChI is InChI=1S/C22H26ClF3N4O3S/c1-13-18(23)19(22(24,25)26)28-30(13)11-17(31)29-9-7-14(8-10-29)20-27-16(12-34-20)21(32)33-15-5-3-2-4-6-15/h12,14-15H,2-11H2,1H3. The molecule has 2 aromatic rings. The van der Waals surface area contributed by atoms with E-state index in [1.165, 1.54) is 24.7 Å². The number of thiazole rings is 1. The van der Waals surface area contributed by atoms with Gasteiger partial charge in [0.2, 0.25) is 5.91 Å². The number of hydrogen-bond donors (Lipinski definition) is 0. The molecule has 0 N–H and O–H groups in total. The van der Waals surface area contributed by atoms with E-state index in [0.717, 1.165) is 35.4 Å². The van der Waals surface area contributed by atoms with Crippen molar-refractivity contribution in [1.29, 1.82) is 0 Å². The van der Waals surface area contributed by atoms with Gasteiger partial charge in [-0.05, 0) is 45.4 Å². The van der Waals surface area contributed by atoms with Crippen LogP contribution in [-0.2, 0) is 22.3 Å². The number of aromatic nitrogens is 3. The largest absolute Gasteiger partial charge is 0.458 e. The third-order valence-electron chi connectivity index (χ3n) is 6.44. The van der Waals surface area contributed by atoms with E-state index in [1.807, 2.05) is 0 Å². The lowest BCUT2D eigenvalue weighted by Gasteiger charge is -2.31. The van der Waals surface area contributed by atoms with Crippen LogP contribution in [0, 0.1) is 6.92 Å². The van der Waals surface area contributed by atoms with Crippen molar-refractivity contribution >= 4 is 34.8 Å². The van der Waals surface area contributed by atoms with Gasteiger partial charge in [0.1, 0.15) is 12.6 Å². The lowest BCUT2D eigenvalue weighted by atomic mass is 9.97. The maximum atomic E-state index is 13.0. The number of likely N-dealkylation sites (tertiary alicyclic amines) is 1. The third-order valence-corrected chi connectivity index (χ3v) is 7.90. The van der Waals surface area contributed by atoms with Crippen LogP contribution < -0.4 is 0 Å². The molecule has 1 saturated heterocycles. The average Bonchev–Trinajstić information content (AvgIpc) is 3.41. The van der Waals surface area contributed by atoms with Gasteiger partial charge in [0.25, 0.3) is 0 Å². The maximum Gasteiger partial charge on any atom is 0.436 e. The number of nitrogens with zero attached hydrogens (tertiary/aromatic N) is 4. The van der Waals surface area contributed by atoms with Gasteiger partial charge in [-0.15, -0.1) is 11.3 Å². The molecule has 0 bridgehead atoms. The molecule has 12 heteroatoms. The predicted octanol–water partition coefficient (Wildman–Crippen LogP) is 5.22. The molecule has 2 fully saturated rings. The Kier molecular flexibility index (Phi) is 7.51. The molecule has 0 spiro atoms. The molecule has 1 aliphatic carbocycles. The summed E-state index contributed by atoms with van der Waals surface area (Å²) >= 11 is 7.18. The van der Waals surface area contributed by atoms with Crippen LogP contribution in [-0.4, -0.2) is 50.7 Å². The molecule has 1 aliphatic heterocycles. The number of piperidine rings is 1. The Morgan fingerprint density at radius 1 is 1.18 bits per heavy atom. The van der Waals surface area contributed by atoms with E-state index in [1.54, 1.807) is 10.3 Å². The first kappa shape index (κ1) is 25.0. The summed E-state index contributed by atoms with van der Waals surface area (Å²) in [7, 11) is 0. The smallest absolute Gasteiger partial charge is 0.436 e. The molecule has 34 heavy (non-hydrogen) atoms. The summed E-state index contributed by atoms with van der Waals surface area (Å²) in [6, 6.07) is 0. The molecule has 0 radical (unpaired) electrons. The Morgan fingerprint density at radius 3 is 2.47 bits per heavy atom. The highest BCUT2D eigenvalue weighted by molar-refractivity contribution is 7.09. The topological polar surface area (TPSA) is 77.3 Å². The maximum absolute atomic E-state index is 13.0. The molecule has 0 atom stereocenters. The highest BCUT2D eigenvalue weighted by Gasteiger charge is 2.38. The minimum atomic E-state index is -4.68. The second-order valence-corrected chi connectivity index (χ2v) is 10.1. The minimum Gasteiger partial charge on any atom is -0.458 e. The molecule has 3 heterocycles. The summed E-state index contributed by atoms with van der Waals surface area (Å²) in [5, 5.41) is 5.58. The summed E-state index contributed by atoms with van der Waals surface area (Å²) < 4.78 is 45.6. The van der Waals surface area contributed by atoms with Crippen molar-refractivity contribution in [2.24, 2.45) is 0 Å². The van der Waals surface area contributed by atoms with Crippen molar-refractivity contribution in [3.05, 3.63) is 32.5 Å². The van der Waals surface area contributed by atoms with E-state index in [9.17, 15) is 22.8 Å². The Balaban J connectivity index is 1.31. The fourth-order valence-electron chi connectivity index (χ4n) is 4.43. The zero-order valence-electron chi connectivity index (χ0n) is 18.7. The zero-order chi connectivity index (χ0) is 24.5. The van der Waals surface area contributed by atoms with Crippen molar-refractivity contribution in [3.8, 4) is 0 Å². The van der Waals surface area contributed by atoms with Crippen molar-refractivity contribution in [3.63, 3.8) is 0 Å². The first-order valence-electron chi connectivity index (χ1n) is 11.4. The summed E-state index contributed by atoms with van der Waals surface area (Å²) in [4.78, 5) is 31.2. The molecule has 1 amide bonds. The molecule has 7 nitrogen and oxygen atoms in total. The van der Waals surface area contributed by atoms with Gasteiger partial charge in [-0.1, -0.05) is 18.0 Å². The molecule has 4 rings (SSSR count). The molecular formula is C22H26ClF3N4O3S. The van der Waals surface area contributed by atoms with Crippen LogP contribution in [0.15, 0.2) is 5.38 Å². The van der Waals surface area contributed by atoms with Crippen LogP contribution in [0.25, 0.3) is 0 Å². The van der Waals surface area contributed by atoms with Gasteiger partial charge in [0, 0.05) is 24.4 Å². The number of carbonyl (C=O) groups excluding carboxylic acids is 2. The van der Waals surface area contributed by atoms with Gasteiger partial charge < -0.3 is 9.64 Å². The Labute approximate surface area is 204 Å². The first-order valence-corrected chi connectivity index (χ1v) is 12.6. The lowest BCUT2D eigenvalue weighted by Crippen LogP contribution is -2.40. The van der Waals surface area contributed by atoms with Crippen molar-refractivity contribution in [1.82, 2.24) is 19.7 Å². The summed E-state index contributed by atoms with van der Waals surface area (Å²) in [5.41, 5.74) is -0.747. The van der Waals surface area contributed by atoms with Gasteiger partial charge in [-0.25, -0.2) is 9.78 Å². The molecule has 1 saturated carbocycles. The number of amides is 1. The lowest BCUT2D eigenvalue weighted by molar-refractivity contribution is -0.142. The first-order chi connectivity index (χ1) is 16.1. The molecule has 0 aromatic carbocycles. The Bertz CT molecular complexity index is 1040. The highest BCUT2D eigenvalue weighted by Crippen LogP contribution is 2.35. The number of alkyl halides is 3. The zero-order valence-corrected chi connectivity index (χ0v) is 20.3. The van der Waals surface area contributed by atoms with Gasteiger partial charge in [-0.3, -0.25) is 9.48 Å². The number of hydrogen-bond acceptors (Lipinski definition) is 6. The van der Waals surface area contributed by atoms with Gasteiger partial charge >= 0.3 is 12.1 Å². The fraction of sp³-hybridized carbons (Fsp3) is 0.636. The summed E-state index contributed by atoms with van der Waals surface area (Å²) in [5.74, 6) is -0.582. The van der Waals surface area contributed by atoms with Crippen LogP contribution in [0.1, 0.15) is 77.7 Å². The number of rotatable bonds is 5. The van der Waals surface area contributed by atoms with E-state index in [4.69, 9.17) is 16.3 Å². The van der Waals surface area contributed by atoms with Crippen molar-refractivity contribution < 1.29 is 27.5 Å². The molecule has 186 valence electrons. The van der Waals surface area contributed by atoms with E-state index < -0.39 is 16.9 Å². The summed E-state index contributed by atoms with van der Waals surface area (Å²) in [6.45, 7) is 2.00. The van der Waals surface area contributed by atoms with E-state index >= 15 is 0 Å². The number of halogens is 4. The molecule has 2 aliphatic rings. The number of esters is 1. The highest BCUT2D eigenvalue weighted by atomic mass is 35.5. The fourth-order valence-corrected chi connectivity index (χ4v) is 5.63. The van der Waals surface area contributed by atoms with Crippen LogP contribution in [0.3, 0.4) is 0 Å². The van der Waals surface area contributed by atoms with Crippen LogP contribution in [0.4, 0.5) is 13.2 Å². The van der Waals surface area contributed by atoms with E-state index in [-0.39, 0.29) is 36.1 Å². The van der Waals surface area contributed by atoms with Gasteiger partial charge in [-0.2, -0.15) is 18.3 Å². The van der Waals surface area contributed by atoms with Gasteiger partial charge in [0.05, 0.1) is 15.7 Å². The quantitative estimate of drug-likeness (QED) is 0.507. The second kappa shape index (κ2) is 10.2. The van der Waals surface area contributed by atoms with Gasteiger partial charge in [0.15, 0.2) is 11.4 Å². The Morgan fingerprint density at radius 2 is 1.85 bits per heavy atom. The number of ether oxygens (including phenoxy) is 1. The van der Waals surface area contributed by atoms with Crippen LogP contribution in [0.2, 0.25) is 5.02 Å². The second-order valence-electron chi connectivity index (χ2n) is 8.79. The third kappa shape index (κ3) is 5.56. The minimum absolute atomic E-state index is 0.0267. The molecular weight excluding hydrogens is 493 g/mol.